The third-order valence-electron chi connectivity index (χ3n) is 4.62. The fourth-order valence-electron chi connectivity index (χ4n) is 3.76. The normalized spacial score (nSPS) is 30.3. The fraction of sp³-hybridized carbons (Fsp3) is 0.714. The molecule has 1 aromatic rings. The number of hydrogen-bond acceptors (Lipinski definition) is 3. The monoisotopic (exact) mass is 248 g/mol. The summed E-state index contributed by atoms with van der Waals surface area (Å²) in [5.41, 5.74) is 0.233. The van der Waals surface area contributed by atoms with Crippen molar-refractivity contribution >= 4 is 0 Å². The van der Waals surface area contributed by atoms with Crippen LogP contribution in [0.25, 0.3) is 0 Å². The molecule has 0 aliphatic heterocycles. The van der Waals surface area contributed by atoms with Gasteiger partial charge < -0.3 is 10.1 Å². The minimum Gasteiger partial charge on any atom is -0.493 e. The van der Waals surface area contributed by atoms with Crippen LogP contribution in [0.5, 0.6) is 5.88 Å². The summed E-state index contributed by atoms with van der Waals surface area (Å²) < 4.78 is 0. The number of hydrogen-bond donors (Lipinski definition) is 2. The summed E-state index contributed by atoms with van der Waals surface area (Å²) in [5.74, 6) is 2.43. The van der Waals surface area contributed by atoms with Gasteiger partial charge in [0.2, 0.25) is 5.88 Å². The van der Waals surface area contributed by atoms with E-state index in [0.717, 1.165) is 12.3 Å². The Morgan fingerprint density at radius 1 is 1.33 bits per heavy atom. The molecule has 0 spiro atoms. The molecule has 0 radical (unpaired) electrons. The van der Waals surface area contributed by atoms with Crippen molar-refractivity contribution in [1.82, 2.24) is 9.97 Å². The lowest BCUT2D eigenvalue weighted by Gasteiger charge is -2.21. The molecule has 3 rings (SSSR count). The molecule has 4 heteroatoms. The van der Waals surface area contributed by atoms with E-state index in [0.29, 0.717) is 23.2 Å². The Kier molecular flexibility index (Phi) is 2.68. The highest BCUT2D eigenvalue weighted by atomic mass is 16.3. The van der Waals surface area contributed by atoms with Gasteiger partial charge in [0, 0.05) is 5.92 Å². The molecule has 2 aliphatic carbocycles. The second kappa shape index (κ2) is 4.11. The summed E-state index contributed by atoms with van der Waals surface area (Å²) in [7, 11) is 0. The molecule has 0 aromatic carbocycles. The van der Waals surface area contributed by atoms with Gasteiger partial charge in [-0.1, -0.05) is 20.3 Å². The first kappa shape index (κ1) is 11.8. The van der Waals surface area contributed by atoms with Crippen molar-refractivity contribution < 1.29 is 5.11 Å². The van der Waals surface area contributed by atoms with E-state index >= 15 is 0 Å². The van der Waals surface area contributed by atoms with Gasteiger partial charge in [-0.2, -0.15) is 4.98 Å². The fourth-order valence-corrected chi connectivity index (χ4v) is 3.76. The highest BCUT2D eigenvalue weighted by Crippen LogP contribution is 2.52. The molecule has 2 aliphatic rings. The zero-order valence-corrected chi connectivity index (χ0v) is 10.9. The predicted molar refractivity (Wildman–Crippen MR) is 68.8 cm³/mol. The molecule has 2 N–H and O–H groups in total. The smallest absolute Gasteiger partial charge is 0.258 e. The van der Waals surface area contributed by atoms with E-state index in [1.165, 1.54) is 19.3 Å². The van der Waals surface area contributed by atoms with E-state index in [-0.39, 0.29) is 17.4 Å². The van der Waals surface area contributed by atoms with Gasteiger partial charge >= 0.3 is 0 Å². The van der Waals surface area contributed by atoms with Crippen molar-refractivity contribution in [3.63, 3.8) is 0 Å². The van der Waals surface area contributed by atoms with E-state index in [1.54, 1.807) is 0 Å². The van der Waals surface area contributed by atoms with E-state index in [4.69, 9.17) is 0 Å². The molecule has 0 saturated heterocycles. The molecular weight excluding hydrogens is 228 g/mol. The molecule has 98 valence electrons. The molecule has 3 unspecified atom stereocenters. The van der Waals surface area contributed by atoms with Gasteiger partial charge in [-0.15, -0.1) is 0 Å². The summed E-state index contributed by atoms with van der Waals surface area (Å²) in [4.78, 5) is 19.2. The maximum atomic E-state index is 12.0. The number of nitrogens with one attached hydrogen (secondary N) is 1. The molecule has 4 nitrogen and oxygen atoms in total. The van der Waals surface area contributed by atoms with E-state index in [1.807, 2.05) is 13.8 Å². The second-order valence-corrected chi connectivity index (χ2v) is 6.12. The van der Waals surface area contributed by atoms with Crippen LogP contribution in [-0.4, -0.2) is 15.1 Å². The summed E-state index contributed by atoms with van der Waals surface area (Å²) in [5, 5.41) is 9.94. The third kappa shape index (κ3) is 1.74. The largest absolute Gasteiger partial charge is 0.493 e. The van der Waals surface area contributed by atoms with Crippen LogP contribution in [0.3, 0.4) is 0 Å². The van der Waals surface area contributed by atoms with Gasteiger partial charge in [-0.3, -0.25) is 4.79 Å². The predicted octanol–water partition coefficient (Wildman–Crippen LogP) is 2.50. The molecule has 1 aromatic heterocycles. The van der Waals surface area contributed by atoms with Crippen LogP contribution >= 0.6 is 0 Å². The molecule has 18 heavy (non-hydrogen) atoms. The van der Waals surface area contributed by atoms with Crippen LogP contribution in [0, 0.1) is 11.8 Å². The van der Waals surface area contributed by atoms with Crippen LogP contribution in [0.1, 0.15) is 62.8 Å². The Hall–Kier alpha value is -1.32. The van der Waals surface area contributed by atoms with Gasteiger partial charge in [0.05, 0.1) is 5.56 Å². The molecule has 0 amide bonds. The lowest BCUT2D eigenvalue weighted by Crippen LogP contribution is -2.21. The molecule has 2 fully saturated rings. The number of rotatable bonds is 2. The summed E-state index contributed by atoms with van der Waals surface area (Å²) in [6.45, 7) is 3.78. The van der Waals surface area contributed by atoms with Crippen molar-refractivity contribution in [3.05, 3.63) is 21.7 Å². The maximum Gasteiger partial charge on any atom is 0.258 e. The van der Waals surface area contributed by atoms with E-state index < -0.39 is 0 Å². The van der Waals surface area contributed by atoms with Crippen LogP contribution in [0.15, 0.2) is 4.79 Å². The number of aromatic amines is 1. The number of H-pyrrole nitrogens is 1. The van der Waals surface area contributed by atoms with Crippen molar-refractivity contribution in [3.8, 4) is 5.88 Å². The van der Waals surface area contributed by atoms with Gasteiger partial charge in [0.15, 0.2) is 0 Å². The van der Waals surface area contributed by atoms with Crippen molar-refractivity contribution in [2.75, 3.05) is 0 Å². The molecule has 2 bridgehead atoms. The third-order valence-corrected chi connectivity index (χ3v) is 4.62. The number of nitrogens with zero attached hydrogens (tertiary/aromatic N) is 1. The summed E-state index contributed by atoms with van der Waals surface area (Å²) in [6.07, 6.45) is 4.95. The lowest BCUT2D eigenvalue weighted by atomic mass is 9.88. The zero-order chi connectivity index (χ0) is 12.9. The Bertz CT molecular complexity index is 521. The van der Waals surface area contributed by atoms with Gasteiger partial charge in [0.1, 0.15) is 5.82 Å². The highest BCUT2D eigenvalue weighted by Gasteiger charge is 2.41. The Morgan fingerprint density at radius 3 is 2.61 bits per heavy atom. The SMILES string of the molecule is CC(C)c1c(O)nc(C2CC3CCC2C3)[nH]c1=O. The summed E-state index contributed by atoms with van der Waals surface area (Å²) in [6, 6.07) is 0. The zero-order valence-electron chi connectivity index (χ0n) is 10.9. The molecule has 2 saturated carbocycles. The topological polar surface area (TPSA) is 66.0 Å². The highest BCUT2D eigenvalue weighted by molar-refractivity contribution is 5.27. The quantitative estimate of drug-likeness (QED) is 0.845. The number of fused-ring (bicyclic) bond motifs is 2. The first-order valence-electron chi connectivity index (χ1n) is 6.89. The Morgan fingerprint density at radius 2 is 2.11 bits per heavy atom. The molecular formula is C14H20N2O2. The standard InChI is InChI=1S/C14H20N2O2/c1-7(2)11-13(17)15-12(16-14(11)18)10-6-8-3-4-9(10)5-8/h7-10H,3-6H2,1-2H3,(H2,15,16,17,18). The average molecular weight is 248 g/mol. The average Bonchev–Trinajstić information content (AvgIpc) is 2.88. The van der Waals surface area contributed by atoms with Gasteiger partial charge in [-0.05, 0) is 37.0 Å². The number of aromatic nitrogens is 2. The Balaban J connectivity index is 1.97. The lowest BCUT2D eigenvalue weighted by molar-refractivity contribution is 0.388. The van der Waals surface area contributed by atoms with Crippen molar-refractivity contribution in [2.45, 2.75) is 51.4 Å². The minimum absolute atomic E-state index is 0.00432. The van der Waals surface area contributed by atoms with Crippen LogP contribution in [0.2, 0.25) is 0 Å². The summed E-state index contributed by atoms with van der Waals surface area (Å²) >= 11 is 0. The molecule has 3 atom stereocenters. The number of aromatic hydroxyl groups is 1. The van der Waals surface area contributed by atoms with E-state index in [2.05, 4.69) is 9.97 Å². The molecule has 1 heterocycles. The first-order valence-corrected chi connectivity index (χ1v) is 6.89. The van der Waals surface area contributed by atoms with Crippen LogP contribution < -0.4 is 5.56 Å². The van der Waals surface area contributed by atoms with Crippen LogP contribution in [-0.2, 0) is 0 Å². The van der Waals surface area contributed by atoms with Crippen LogP contribution in [0.4, 0.5) is 0 Å². The van der Waals surface area contributed by atoms with E-state index in [9.17, 15) is 9.90 Å². The first-order chi connectivity index (χ1) is 8.56. The Labute approximate surface area is 106 Å². The maximum absolute atomic E-state index is 12.0. The van der Waals surface area contributed by atoms with Gasteiger partial charge in [0.25, 0.3) is 5.56 Å². The van der Waals surface area contributed by atoms with Crippen molar-refractivity contribution in [2.24, 2.45) is 11.8 Å². The second-order valence-electron chi connectivity index (χ2n) is 6.12. The van der Waals surface area contributed by atoms with Crippen molar-refractivity contribution in [1.29, 1.82) is 0 Å². The minimum atomic E-state index is -0.171. The van der Waals surface area contributed by atoms with Gasteiger partial charge in [-0.25, -0.2) is 0 Å².